The van der Waals surface area contributed by atoms with E-state index in [-0.39, 0.29) is 10.7 Å². The summed E-state index contributed by atoms with van der Waals surface area (Å²) < 4.78 is 1.69. The molecule has 1 unspecified atom stereocenters. The molecule has 0 aromatic carbocycles. The Morgan fingerprint density at radius 1 is 1.55 bits per heavy atom. The van der Waals surface area contributed by atoms with Crippen LogP contribution in [0.15, 0.2) is 6.20 Å². The zero-order chi connectivity index (χ0) is 14.5. The Kier molecular flexibility index (Phi) is 5.08. The van der Waals surface area contributed by atoms with Crippen LogP contribution < -0.4 is 5.32 Å². The first-order valence-electron chi connectivity index (χ1n) is 7.17. The largest absolute Gasteiger partial charge is 0.358 e. The predicted molar refractivity (Wildman–Crippen MR) is 76.8 cm³/mol. The van der Waals surface area contributed by atoms with E-state index in [1.54, 1.807) is 4.57 Å². The first-order chi connectivity index (χ1) is 9.59. The number of hydrogen-bond acceptors (Lipinski definition) is 5. The van der Waals surface area contributed by atoms with Crippen molar-refractivity contribution in [3.05, 3.63) is 22.1 Å². The van der Waals surface area contributed by atoms with Crippen molar-refractivity contribution in [2.24, 2.45) is 0 Å². The molecule has 1 saturated heterocycles. The zero-order valence-electron chi connectivity index (χ0n) is 12.2. The number of hydrogen-bond donors (Lipinski definition) is 1. The molecule has 1 aliphatic rings. The summed E-state index contributed by atoms with van der Waals surface area (Å²) in [5, 5.41) is 14.4. The molecule has 1 aliphatic heterocycles. The molecule has 0 saturated carbocycles. The van der Waals surface area contributed by atoms with E-state index in [0.29, 0.717) is 18.4 Å². The molecule has 0 spiro atoms. The van der Waals surface area contributed by atoms with Gasteiger partial charge in [-0.3, -0.25) is 4.90 Å². The van der Waals surface area contributed by atoms with Crippen LogP contribution in [0.25, 0.3) is 0 Å². The van der Waals surface area contributed by atoms with Crippen molar-refractivity contribution in [1.29, 1.82) is 0 Å². The van der Waals surface area contributed by atoms with E-state index in [1.807, 2.05) is 6.92 Å². The fourth-order valence-corrected chi connectivity index (χ4v) is 2.76. The van der Waals surface area contributed by atoms with Crippen molar-refractivity contribution in [2.45, 2.75) is 38.8 Å². The van der Waals surface area contributed by atoms with Gasteiger partial charge in [0.1, 0.15) is 12.7 Å². The third kappa shape index (κ3) is 3.55. The molecule has 2 heterocycles. The quantitative estimate of drug-likeness (QED) is 0.647. The lowest BCUT2D eigenvalue weighted by molar-refractivity contribution is -0.392. The SMILES string of the molecule is Cc1ncc([N+](=O)[O-])n1CCN(C)C1CCCNCC1. The van der Waals surface area contributed by atoms with Crippen molar-refractivity contribution in [2.75, 3.05) is 26.7 Å². The Labute approximate surface area is 119 Å². The number of aromatic nitrogens is 2. The van der Waals surface area contributed by atoms with Crippen LogP contribution in [0.2, 0.25) is 0 Å². The summed E-state index contributed by atoms with van der Waals surface area (Å²) in [4.78, 5) is 16.9. The van der Waals surface area contributed by atoms with Crippen molar-refractivity contribution in [3.8, 4) is 0 Å². The van der Waals surface area contributed by atoms with E-state index in [9.17, 15) is 10.1 Å². The summed E-state index contributed by atoms with van der Waals surface area (Å²) in [6.07, 6.45) is 4.86. The minimum absolute atomic E-state index is 0.0819. The van der Waals surface area contributed by atoms with Gasteiger partial charge in [0.2, 0.25) is 0 Å². The molecule has 0 bridgehead atoms. The second kappa shape index (κ2) is 6.81. The molecule has 1 atom stereocenters. The maximum atomic E-state index is 10.9. The monoisotopic (exact) mass is 281 g/mol. The highest BCUT2D eigenvalue weighted by Crippen LogP contribution is 2.15. The first kappa shape index (κ1) is 14.9. The van der Waals surface area contributed by atoms with E-state index in [4.69, 9.17) is 0 Å². The van der Waals surface area contributed by atoms with E-state index in [0.717, 1.165) is 26.1 Å². The van der Waals surface area contributed by atoms with Gasteiger partial charge in [0.25, 0.3) is 0 Å². The van der Waals surface area contributed by atoms with Crippen LogP contribution in [-0.4, -0.2) is 52.1 Å². The highest BCUT2D eigenvalue weighted by Gasteiger charge is 2.20. The summed E-state index contributed by atoms with van der Waals surface area (Å²) in [5.74, 6) is 0.783. The van der Waals surface area contributed by atoms with Crippen molar-refractivity contribution in [1.82, 2.24) is 19.8 Å². The molecule has 0 radical (unpaired) electrons. The van der Waals surface area contributed by atoms with E-state index >= 15 is 0 Å². The fourth-order valence-electron chi connectivity index (χ4n) is 2.76. The highest BCUT2D eigenvalue weighted by molar-refractivity contribution is 5.18. The first-order valence-corrected chi connectivity index (χ1v) is 7.17. The lowest BCUT2D eigenvalue weighted by Gasteiger charge is -2.26. The van der Waals surface area contributed by atoms with Crippen LogP contribution in [0, 0.1) is 17.0 Å². The van der Waals surface area contributed by atoms with Gasteiger partial charge in [-0.05, 0) is 44.3 Å². The smallest absolute Gasteiger partial charge is 0.342 e. The van der Waals surface area contributed by atoms with Crippen molar-refractivity contribution >= 4 is 5.82 Å². The molecular formula is C13H23N5O2. The average molecular weight is 281 g/mol. The van der Waals surface area contributed by atoms with Gasteiger partial charge in [-0.2, -0.15) is 0 Å². The molecule has 1 aromatic rings. The minimum atomic E-state index is -0.366. The third-order valence-corrected chi connectivity index (χ3v) is 4.07. The Morgan fingerprint density at radius 3 is 3.10 bits per heavy atom. The van der Waals surface area contributed by atoms with Crippen LogP contribution in [-0.2, 0) is 6.54 Å². The molecular weight excluding hydrogens is 258 g/mol. The lowest BCUT2D eigenvalue weighted by atomic mass is 10.1. The third-order valence-electron chi connectivity index (χ3n) is 4.07. The van der Waals surface area contributed by atoms with Gasteiger partial charge in [-0.15, -0.1) is 0 Å². The van der Waals surface area contributed by atoms with E-state index < -0.39 is 0 Å². The van der Waals surface area contributed by atoms with Crippen LogP contribution in [0.5, 0.6) is 0 Å². The molecule has 1 N–H and O–H groups in total. The Balaban J connectivity index is 1.94. The Bertz CT molecular complexity index is 452. The molecule has 7 heteroatoms. The molecule has 112 valence electrons. The number of nitro groups is 1. The summed E-state index contributed by atoms with van der Waals surface area (Å²) in [5.41, 5.74) is 0. The van der Waals surface area contributed by atoms with Gasteiger partial charge in [0.15, 0.2) is 5.82 Å². The van der Waals surface area contributed by atoms with Crippen LogP contribution in [0.3, 0.4) is 0 Å². The van der Waals surface area contributed by atoms with Gasteiger partial charge in [0.05, 0.1) is 0 Å². The minimum Gasteiger partial charge on any atom is -0.358 e. The highest BCUT2D eigenvalue weighted by atomic mass is 16.6. The Hall–Kier alpha value is -1.47. The number of likely N-dealkylation sites (N-methyl/N-ethyl adjacent to an activating group) is 1. The molecule has 20 heavy (non-hydrogen) atoms. The maximum Gasteiger partial charge on any atom is 0.342 e. The summed E-state index contributed by atoms with van der Waals surface area (Å²) >= 11 is 0. The molecule has 7 nitrogen and oxygen atoms in total. The van der Waals surface area contributed by atoms with Crippen LogP contribution >= 0.6 is 0 Å². The van der Waals surface area contributed by atoms with E-state index in [2.05, 4.69) is 22.2 Å². The van der Waals surface area contributed by atoms with E-state index in [1.165, 1.54) is 19.0 Å². The summed E-state index contributed by atoms with van der Waals surface area (Å²) in [6.45, 7) is 5.38. The molecule has 2 rings (SSSR count). The number of nitrogens with one attached hydrogen (secondary N) is 1. The number of rotatable bonds is 5. The number of imidazole rings is 1. The van der Waals surface area contributed by atoms with Gasteiger partial charge in [0, 0.05) is 19.5 Å². The normalized spacial score (nSPS) is 20.1. The van der Waals surface area contributed by atoms with Gasteiger partial charge < -0.3 is 15.4 Å². The predicted octanol–water partition coefficient (Wildman–Crippen LogP) is 1.17. The molecule has 0 amide bonds. The standard InChI is InChI=1S/C13H23N5O2/c1-11-15-10-13(18(19)20)17(11)9-8-16(2)12-4-3-6-14-7-5-12/h10,12,14H,3-9H2,1-2H3. The topological polar surface area (TPSA) is 76.2 Å². The number of aryl methyl sites for hydroxylation is 1. The maximum absolute atomic E-state index is 10.9. The zero-order valence-corrected chi connectivity index (χ0v) is 12.2. The van der Waals surface area contributed by atoms with Crippen LogP contribution in [0.4, 0.5) is 5.82 Å². The van der Waals surface area contributed by atoms with Crippen molar-refractivity contribution < 1.29 is 4.92 Å². The Morgan fingerprint density at radius 2 is 2.35 bits per heavy atom. The average Bonchev–Trinajstić information content (AvgIpc) is 2.65. The molecule has 1 aromatic heterocycles. The molecule has 0 aliphatic carbocycles. The van der Waals surface area contributed by atoms with Gasteiger partial charge in [-0.25, -0.2) is 9.55 Å². The second-order valence-electron chi connectivity index (χ2n) is 5.39. The summed E-state index contributed by atoms with van der Waals surface area (Å²) in [7, 11) is 2.11. The van der Waals surface area contributed by atoms with Gasteiger partial charge >= 0.3 is 5.82 Å². The van der Waals surface area contributed by atoms with Crippen molar-refractivity contribution in [3.63, 3.8) is 0 Å². The molecule has 1 fully saturated rings. The lowest BCUT2D eigenvalue weighted by Crippen LogP contribution is -2.35. The fraction of sp³-hybridized carbons (Fsp3) is 0.769. The van der Waals surface area contributed by atoms with Crippen LogP contribution in [0.1, 0.15) is 25.1 Å². The second-order valence-corrected chi connectivity index (χ2v) is 5.39. The van der Waals surface area contributed by atoms with Gasteiger partial charge in [-0.1, -0.05) is 0 Å². The number of nitrogens with zero attached hydrogens (tertiary/aromatic N) is 4. The summed E-state index contributed by atoms with van der Waals surface area (Å²) in [6, 6.07) is 0.563.